The van der Waals surface area contributed by atoms with Crippen LogP contribution in [0.25, 0.3) is 0 Å². The van der Waals surface area contributed by atoms with Crippen molar-refractivity contribution in [3.05, 3.63) is 28.8 Å². The van der Waals surface area contributed by atoms with Gasteiger partial charge < -0.3 is 15.3 Å². The Morgan fingerprint density at radius 3 is 2.67 bits per heavy atom. The lowest BCUT2D eigenvalue weighted by Crippen LogP contribution is -2.55. The van der Waals surface area contributed by atoms with E-state index < -0.39 is 0 Å². The quantitative estimate of drug-likeness (QED) is 0.883. The molecule has 3 rings (SSSR count). The van der Waals surface area contributed by atoms with Crippen LogP contribution in [-0.2, 0) is 0 Å². The average Bonchev–Trinajstić information content (AvgIpc) is 2.42. The minimum Gasteiger partial charge on any atom is -0.507 e. The molecule has 2 heterocycles. The number of hydrogen-bond donors (Lipinski definition) is 2. The van der Waals surface area contributed by atoms with Crippen molar-refractivity contribution in [2.75, 3.05) is 7.05 Å². The van der Waals surface area contributed by atoms with Crippen molar-refractivity contribution in [1.82, 2.24) is 10.2 Å². The molecule has 4 nitrogen and oxygen atoms in total. The number of phenolic OH excluding ortho intramolecular Hbond substituents is 1. The normalized spacial score (nSPS) is 29.1. The van der Waals surface area contributed by atoms with E-state index in [1.54, 1.807) is 6.07 Å². The first-order chi connectivity index (χ1) is 10.0. The zero-order chi connectivity index (χ0) is 15.0. The summed E-state index contributed by atoms with van der Waals surface area (Å²) in [4.78, 5) is 14.8. The molecule has 2 aliphatic rings. The molecule has 0 saturated carbocycles. The Balaban J connectivity index is 1.69. The molecule has 0 aliphatic carbocycles. The number of aromatic hydroxyl groups is 1. The van der Waals surface area contributed by atoms with E-state index in [-0.39, 0.29) is 23.3 Å². The maximum atomic E-state index is 12.3. The van der Waals surface area contributed by atoms with Crippen molar-refractivity contribution in [3.63, 3.8) is 0 Å². The number of piperidine rings is 2. The number of hydrogen-bond acceptors (Lipinski definition) is 3. The summed E-state index contributed by atoms with van der Waals surface area (Å²) >= 11 is 5.90. The summed E-state index contributed by atoms with van der Waals surface area (Å²) in [6.07, 6.45) is 5.68. The van der Waals surface area contributed by atoms with Crippen molar-refractivity contribution < 1.29 is 9.90 Å². The molecule has 2 N–H and O–H groups in total. The summed E-state index contributed by atoms with van der Waals surface area (Å²) in [5, 5.41) is 13.3. The van der Waals surface area contributed by atoms with Crippen molar-refractivity contribution in [2.24, 2.45) is 0 Å². The topological polar surface area (TPSA) is 52.6 Å². The van der Waals surface area contributed by atoms with Gasteiger partial charge in [0.25, 0.3) is 5.91 Å². The first kappa shape index (κ1) is 14.7. The Morgan fingerprint density at radius 2 is 2.00 bits per heavy atom. The van der Waals surface area contributed by atoms with Crippen LogP contribution < -0.4 is 5.32 Å². The molecule has 0 radical (unpaired) electrons. The molecule has 2 atom stereocenters. The second-order valence-electron chi connectivity index (χ2n) is 6.21. The number of nitrogens with one attached hydrogen (secondary N) is 1. The standard InChI is InChI=1S/C16H21ClN2O2/c1-19-12-3-2-4-13(19)9-11(8-12)18-16(21)14-7-10(17)5-6-15(14)20/h5-7,11-13,20H,2-4,8-9H2,1H3,(H,18,21). The summed E-state index contributed by atoms with van der Waals surface area (Å²) in [7, 11) is 2.19. The van der Waals surface area contributed by atoms with E-state index in [9.17, 15) is 9.90 Å². The van der Waals surface area contributed by atoms with Gasteiger partial charge in [-0.2, -0.15) is 0 Å². The fraction of sp³-hybridized carbons (Fsp3) is 0.562. The Bertz CT molecular complexity index is 535. The van der Waals surface area contributed by atoms with E-state index in [0.29, 0.717) is 17.1 Å². The molecule has 2 bridgehead atoms. The number of halogens is 1. The zero-order valence-corrected chi connectivity index (χ0v) is 12.9. The van der Waals surface area contributed by atoms with E-state index in [2.05, 4.69) is 17.3 Å². The van der Waals surface area contributed by atoms with Crippen LogP contribution in [0, 0.1) is 0 Å². The van der Waals surface area contributed by atoms with Gasteiger partial charge in [0.1, 0.15) is 5.75 Å². The molecule has 2 saturated heterocycles. The van der Waals surface area contributed by atoms with Crippen LogP contribution >= 0.6 is 11.6 Å². The highest BCUT2D eigenvalue weighted by Crippen LogP contribution is 2.33. The molecular formula is C16H21ClN2O2. The van der Waals surface area contributed by atoms with E-state index >= 15 is 0 Å². The van der Waals surface area contributed by atoms with E-state index in [0.717, 1.165) is 12.8 Å². The van der Waals surface area contributed by atoms with Crippen molar-refractivity contribution in [2.45, 2.75) is 50.2 Å². The van der Waals surface area contributed by atoms with Gasteiger partial charge in [0.05, 0.1) is 5.56 Å². The summed E-state index contributed by atoms with van der Waals surface area (Å²) < 4.78 is 0. The third-order valence-electron chi connectivity index (χ3n) is 4.88. The Labute approximate surface area is 130 Å². The number of carbonyl (C=O) groups is 1. The maximum absolute atomic E-state index is 12.3. The van der Waals surface area contributed by atoms with Crippen molar-refractivity contribution >= 4 is 17.5 Å². The Kier molecular flexibility index (Phi) is 4.09. The van der Waals surface area contributed by atoms with Crippen LogP contribution in [-0.4, -0.2) is 41.1 Å². The van der Waals surface area contributed by atoms with Gasteiger partial charge in [-0.3, -0.25) is 4.79 Å². The number of fused-ring (bicyclic) bond motifs is 2. The third kappa shape index (κ3) is 3.01. The van der Waals surface area contributed by atoms with E-state index in [1.807, 2.05) is 0 Å². The predicted octanol–water partition coefficient (Wildman–Crippen LogP) is 2.79. The lowest BCUT2D eigenvalue weighted by Gasteiger charge is -2.47. The lowest BCUT2D eigenvalue weighted by atomic mass is 9.82. The highest BCUT2D eigenvalue weighted by Gasteiger charge is 2.36. The van der Waals surface area contributed by atoms with Gasteiger partial charge >= 0.3 is 0 Å². The molecule has 0 aromatic heterocycles. The molecule has 1 amide bonds. The van der Waals surface area contributed by atoms with E-state index in [4.69, 9.17) is 11.6 Å². The second-order valence-corrected chi connectivity index (χ2v) is 6.64. The number of rotatable bonds is 2. The predicted molar refractivity (Wildman–Crippen MR) is 82.8 cm³/mol. The molecule has 114 valence electrons. The highest BCUT2D eigenvalue weighted by molar-refractivity contribution is 6.31. The van der Waals surface area contributed by atoms with Gasteiger partial charge in [-0.1, -0.05) is 18.0 Å². The maximum Gasteiger partial charge on any atom is 0.255 e. The largest absolute Gasteiger partial charge is 0.507 e. The molecule has 2 fully saturated rings. The van der Waals surface area contributed by atoms with Crippen molar-refractivity contribution in [1.29, 1.82) is 0 Å². The fourth-order valence-electron chi connectivity index (χ4n) is 3.69. The van der Waals surface area contributed by atoms with Crippen LogP contribution in [0.3, 0.4) is 0 Å². The number of phenols is 1. The molecule has 21 heavy (non-hydrogen) atoms. The Morgan fingerprint density at radius 1 is 1.33 bits per heavy atom. The second kappa shape index (κ2) is 5.85. The monoisotopic (exact) mass is 308 g/mol. The molecular weight excluding hydrogens is 288 g/mol. The van der Waals surface area contributed by atoms with Gasteiger partial charge in [0.15, 0.2) is 0 Å². The van der Waals surface area contributed by atoms with Crippen LogP contribution in [0.15, 0.2) is 18.2 Å². The average molecular weight is 309 g/mol. The summed E-state index contributed by atoms with van der Waals surface area (Å²) in [5.74, 6) is -0.257. The first-order valence-electron chi connectivity index (χ1n) is 7.56. The zero-order valence-electron chi connectivity index (χ0n) is 12.2. The smallest absolute Gasteiger partial charge is 0.255 e. The minimum absolute atomic E-state index is 0.0231. The van der Waals surface area contributed by atoms with Gasteiger partial charge in [-0.25, -0.2) is 0 Å². The fourth-order valence-corrected chi connectivity index (χ4v) is 3.86. The van der Waals surface area contributed by atoms with Crippen LogP contribution in [0.1, 0.15) is 42.5 Å². The number of amides is 1. The third-order valence-corrected chi connectivity index (χ3v) is 5.11. The van der Waals surface area contributed by atoms with Gasteiger partial charge in [0.2, 0.25) is 0 Å². The van der Waals surface area contributed by atoms with Crippen LogP contribution in [0.4, 0.5) is 0 Å². The van der Waals surface area contributed by atoms with Gasteiger partial charge in [0, 0.05) is 23.1 Å². The van der Waals surface area contributed by atoms with Crippen LogP contribution in [0.5, 0.6) is 5.75 Å². The molecule has 1 aromatic rings. The highest BCUT2D eigenvalue weighted by atomic mass is 35.5. The summed E-state index contributed by atoms with van der Waals surface area (Å²) in [6.45, 7) is 0. The Hall–Kier alpha value is -1.26. The molecule has 1 aromatic carbocycles. The summed E-state index contributed by atoms with van der Waals surface area (Å²) in [5.41, 5.74) is 0.256. The van der Waals surface area contributed by atoms with E-state index in [1.165, 1.54) is 31.4 Å². The molecule has 0 spiro atoms. The van der Waals surface area contributed by atoms with Gasteiger partial charge in [-0.15, -0.1) is 0 Å². The van der Waals surface area contributed by atoms with Crippen LogP contribution in [0.2, 0.25) is 5.02 Å². The molecule has 5 heteroatoms. The summed E-state index contributed by atoms with van der Waals surface area (Å²) in [6, 6.07) is 5.87. The molecule has 2 aliphatic heterocycles. The van der Waals surface area contributed by atoms with Crippen molar-refractivity contribution in [3.8, 4) is 5.75 Å². The minimum atomic E-state index is -0.234. The SMILES string of the molecule is CN1C2CCCC1CC(NC(=O)c1cc(Cl)ccc1O)C2. The number of benzene rings is 1. The molecule has 2 unspecified atom stereocenters. The lowest BCUT2D eigenvalue weighted by molar-refractivity contribution is 0.0462. The number of carbonyl (C=O) groups excluding carboxylic acids is 1. The first-order valence-corrected chi connectivity index (χ1v) is 7.93. The van der Waals surface area contributed by atoms with Gasteiger partial charge in [-0.05, 0) is 50.9 Å². The number of nitrogens with zero attached hydrogens (tertiary/aromatic N) is 1.